The number of aromatic nitrogens is 1. The van der Waals surface area contributed by atoms with Crippen molar-refractivity contribution in [2.75, 3.05) is 0 Å². The van der Waals surface area contributed by atoms with Crippen LogP contribution in [0.1, 0.15) is 36.6 Å². The lowest BCUT2D eigenvalue weighted by atomic mass is 9.81. The van der Waals surface area contributed by atoms with E-state index in [2.05, 4.69) is 23.2 Å². The number of pyridine rings is 1. The second-order valence-electron chi connectivity index (χ2n) is 6.17. The number of primary amides is 1. The van der Waals surface area contributed by atoms with Crippen molar-refractivity contribution in [1.29, 1.82) is 0 Å². The van der Waals surface area contributed by atoms with E-state index in [9.17, 15) is 4.79 Å². The average Bonchev–Trinajstić information content (AvgIpc) is 2.65. The molecule has 1 atom stereocenters. The molecule has 4 heteroatoms. The number of benzene rings is 1. The van der Waals surface area contributed by atoms with E-state index in [4.69, 9.17) is 17.3 Å². The molecular formula is C17H19ClN2O. The fraction of sp³-hybridized carbons (Fsp3) is 0.412. The number of nitrogens with two attached hydrogens (primary N) is 1. The summed E-state index contributed by atoms with van der Waals surface area (Å²) in [4.78, 5) is 16.3. The minimum Gasteiger partial charge on any atom is -0.369 e. The Kier molecular flexibility index (Phi) is 3.62. The van der Waals surface area contributed by atoms with E-state index in [0.29, 0.717) is 5.88 Å². The second-order valence-corrected chi connectivity index (χ2v) is 6.44. The number of hydrogen-bond donors (Lipinski definition) is 1. The van der Waals surface area contributed by atoms with Crippen LogP contribution in [-0.4, -0.2) is 10.9 Å². The number of amides is 1. The summed E-state index contributed by atoms with van der Waals surface area (Å²) in [7, 11) is 0. The van der Waals surface area contributed by atoms with Crippen molar-refractivity contribution in [2.45, 2.75) is 38.5 Å². The third-order valence-corrected chi connectivity index (χ3v) is 4.97. The normalized spacial score (nSPS) is 21.8. The fourth-order valence-corrected chi connectivity index (χ4v) is 3.18. The van der Waals surface area contributed by atoms with Gasteiger partial charge in [-0.3, -0.25) is 9.78 Å². The average molecular weight is 303 g/mol. The highest BCUT2D eigenvalue weighted by atomic mass is 35.5. The third-order valence-electron chi connectivity index (χ3n) is 4.69. The van der Waals surface area contributed by atoms with Gasteiger partial charge in [0.15, 0.2) is 0 Å². The minimum absolute atomic E-state index is 0.192. The molecule has 1 aliphatic carbocycles. The van der Waals surface area contributed by atoms with Gasteiger partial charge < -0.3 is 5.73 Å². The summed E-state index contributed by atoms with van der Waals surface area (Å²) in [5.74, 6) is 0.231. The van der Waals surface area contributed by atoms with Crippen LogP contribution in [0.15, 0.2) is 24.3 Å². The Labute approximate surface area is 129 Å². The molecule has 1 aromatic carbocycles. The zero-order valence-corrected chi connectivity index (χ0v) is 12.9. The summed E-state index contributed by atoms with van der Waals surface area (Å²) >= 11 is 5.86. The fourth-order valence-electron chi connectivity index (χ4n) is 3.04. The molecule has 1 unspecified atom stereocenters. The van der Waals surface area contributed by atoms with E-state index >= 15 is 0 Å². The summed E-state index contributed by atoms with van der Waals surface area (Å²) in [5, 5.41) is 1.13. The summed E-state index contributed by atoms with van der Waals surface area (Å²) < 4.78 is 0. The van der Waals surface area contributed by atoms with Gasteiger partial charge in [0.05, 0.1) is 17.1 Å². The molecular weight excluding hydrogens is 284 g/mol. The first-order valence-corrected chi connectivity index (χ1v) is 7.82. The number of aryl methyl sites for hydroxylation is 2. The van der Waals surface area contributed by atoms with Crippen LogP contribution in [0.25, 0.3) is 10.9 Å². The number of halogens is 1. The Hall–Kier alpha value is -1.61. The summed E-state index contributed by atoms with van der Waals surface area (Å²) in [6, 6.07) is 8.38. The topological polar surface area (TPSA) is 56.0 Å². The third kappa shape index (κ3) is 2.62. The van der Waals surface area contributed by atoms with E-state index < -0.39 is 5.41 Å². The van der Waals surface area contributed by atoms with Gasteiger partial charge in [0, 0.05) is 10.8 Å². The van der Waals surface area contributed by atoms with Gasteiger partial charge in [-0.1, -0.05) is 13.0 Å². The van der Waals surface area contributed by atoms with Crippen molar-refractivity contribution in [3.8, 4) is 0 Å². The molecule has 3 rings (SSSR count). The van der Waals surface area contributed by atoms with Gasteiger partial charge in [-0.15, -0.1) is 11.6 Å². The maximum absolute atomic E-state index is 11.7. The molecule has 0 saturated carbocycles. The van der Waals surface area contributed by atoms with Crippen LogP contribution in [0.3, 0.4) is 0 Å². The van der Waals surface area contributed by atoms with Gasteiger partial charge in [-0.05, 0) is 55.0 Å². The van der Waals surface area contributed by atoms with Crippen molar-refractivity contribution in [2.24, 2.45) is 11.1 Å². The number of carbonyl (C=O) groups is 1. The number of carbonyl (C=O) groups excluding carboxylic acids is 1. The Balaban J connectivity index is 2.02. The number of fused-ring (bicyclic) bond motifs is 2. The van der Waals surface area contributed by atoms with Gasteiger partial charge in [-0.2, -0.15) is 0 Å². The molecule has 1 heterocycles. The molecule has 0 aliphatic heterocycles. The van der Waals surface area contributed by atoms with E-state index in [1.807, 2.05) is 13.0 Å². The van der Waals surface area contributed by atoms with Crippen molar-refractivity contribution in [1.82, 2.24) is 4.98 Å². The highest BCUT2D eigenvalue weighted by Gasteiger charge is 2.32. The summed E-state index contributed by atoms with van der Waals surface area (Å²) in [6.45, 7) is 1.98. The number of hydrogen-bond acceptors (Lipinski definition) is 2. The van der Waals surface area contributed by atoms with Gasteiger partial charge >= 0.3 is 0 Å². The number of alkyl halides is 1. The van der Waals surface area contributed by atoms with Gasteiger partial charge in [-0.25, -0.2) is 0 Å². The molecule has 110 valence electrons. The molecule has 0 saturated heterocycles. The first-order chi connectivity index (χ1) is 10.0. The van der Waals surface area contributed by atoms with E-state index in [-0.39, 0.29) is 5.91 Å². The predicted octanol–water partition coefficient (Wildman–Crippen LogP) is 3.34. The Bertz CT molecular complexity index is 713. The molecule has 0 radical (unpaired) electrons. The van der Waals surface area contributed by atoms with Crippen molar-refractivity contribution in [3.05, 3.63) is 41.1 Å². The van der Waals surface area contributed by atoms with E-state index in [0.717, 1.165) is 42.3 Å². The van der Waals surface area contributed by atoms with Crippen molar-refractivity contribution >= 4 is 28.4 Å². The van der Waals surface area contributed by atoms with Gasteiger partial charge in [0.2, 0.25) is 5.91 Å². The Morgan fingerprint density at radius 2 is 1.95 bits per heavy atom. The maximum atomic E-state index is 11.7. The van der Waals surface area contributed by atoms with Crippen molar-refractivity contribution < 1.29 is 4.79 Å². The van der Waals surface area contributed by atoms with Crippen LogP contribution in [0.5, 0.6) is 0 Å². The van der Waals surface area contributed by atoms with Crippen molar-refractivity contribution in [3.63, 3.8) is 0 Å². The highest BCUT2D eigenvalue weighted by molar-refractivity contribution is 6.16. The maximum Gasteiger partial charge on any atom is 0.223 e. The Morgan fingerprint density at radius 3 is 2.57 bits per heavy atom. The molecule has 2 N–H and O–H groups in total. The SMILES string of the molecule is CC1(C(N)=O)CCc2cc3ccc(CCl)nc3cc2CC1. The van der Waals surface area contributed by atoms with Gasteiger partial charge in [0.25, 0.3) is 0 Å². The smallest absolute Gasteiger partial charge is 0.223 e. The number of nitrogens with zero attached hydrogens (tertiary/aromatic N) is 1. The predicted molar refractivity (Wildman–Crippen MR) is 85.2 cm³/mol. The highest BCUT2D eigenvalue weighted by Crippen LogP contribution is 2.35. The lowest BCUT2D eigenvalue weighted by Gasteiger charge is -2.23. The van der Waals surface area contributed by atoms with Crippen LogP contribution in [0, 0.1) is 5.41 Å². The second kappa shape index (κ2) is 5.30. The molecule has 0 fully saturated rings. The van der Waals surface area contributed by atoms with E-state index in [1.165, 1.54) is 11.1 Å². The van der Waals surface area contributed by atoms with Crippen LogP contribution in [0.4, 0.5) is 0 Å². The van der Waals surface area contributed by atoms with Gasteiger partial charge in [0.1, 0.15) is 0 Å². The largest absolute Gasteiger partial charge is 0.369 e. The quantitative estimate of drug-likeness (QED) is 0.683. The summed E-state index contributed by atoms with van der Waals surface area (Å²) in [5.41, 5.74) is 9.64. The minimum atomic E-state index is -0.403. The molecule has 0 spiro atoms. The molecule has 1 aliphatic rings. The summed E-state index contributed by atoms with van der Waals surface area (Å²) in [6.07, 6.45) is 3.38. The Morgan fingerprint density at radius 1 is 1.29 bits per heavy atom. The number of rotatable bonds is 2. The standard InChI is InChI=1S/C17H19ClN2O/c1-17(16(19)21)6-4-11-8-13-2-3-14(10-18)20-15(13)9-12(11)5-7-17/h2-3,8-9H,4-7,10H2,1H3,(H2,19,21). The lowest BCUT2D eigenvalue weighted by molar-refractivity contribution is -0.127. The zero-order valence-electron chi connectivity index (χ0n) is 12.2. The van der Waals surface area contributed by atoms with E-state index in [1.54, 1.807) is 0 Å². The molecule has 1 amide bonds. The van der Waals surface area contributed by atoms with Crippen LogP contribution < -0.4 is 5.73 Å². The monoisotopic (exact) mass is 302 g/mol. The first-order valence-electron chi connectivity index (χ1n) is 7.29. The van der Waals surface area contributed by atoms with Crippen LogP contribution in [0.2, 0.25) is 0 Å². The molecule has 21 heavy (non-hydrogen) atoms. The molecule has 2 aromatic rings. The zero-order chi connectivity index (χ0) is 15.0. The van der Waals surface area contributed by atoms with Crippen LogP contribution >= 0.6 is 11.6 Å². The molecule has 1 aromatic heterocycles. The first kappa shape index (κ1) is 14.3. The van der Waals surface area contributed by atoms with Crippen LogP contribution in [-0.2, 0) is 23.5 Å². The molecule has 0 bridgehead atoms. The molecule has 3 nitrogen and oxygen atoms in total. The lowest BCUT2D eigenvalue weighted by Crippen LogP contribution is -2.34.